The van der Waals surface area contributed by atoms with Crippen LogP contribution in [0, 0.1) is 5.92 Å². The Morgan fingerprint density at radius 1 is 1.42 bits per heavy atom. The Balaban J connectivity index is 1.89. The van der Waals surface area contributed by atoms with Gasteiger partial charge in [0.2, 0.25) is 11.7 Å². The van der Waals surface area contributed by atoms with Gasteiger partial charge in [-0.05, 0) is 12.8 Å². The van der Waals surface area contributed by atoms with Gasteiger partial charge in [-0.15, -0.1) is 0 Å². The minimum absolute atomic E-state index is 0.284. The molecule has 0 bridgehead atoms. The van der Waals surface area contributed by atoms with E-state index < -0.39 is 11.9 Å². The lowest BCUT2D eigenvalue weighted by molar-refractivity contribution is -0.142. The van der Waals surface area contributed by atoms with Crippen molar-refractivity contribution in [3.05, 3.63) is 24.4 Å². The summed E-state index contributed by atoms with van der Waals surface area (Å²) in [5, 5.41) is 19.3. The van der Waals surface area contributed by atoms with Gasteiger partial charge in [-0.3, -0.25) is 9.89 Å². The number of nitrogens with zero attached hydrogens (tertiary/aromatic N) is 4. The molecule has 2 heterocycles. The van der Waals surface area contributed by atoms with Gasteiger partial charge >= 0.3 is 5.97 Å². The smallest absolute Gasteiger partial charge is 0.307 e. The van der Waals surface area contributed by atoms with Crippen LogP contribution < -0.4 is 0 Å². The van der Waals surface area contributed by atoms with Crippen molar-refractivity contribution in [2.45, 2.75) is 18.8 Å². The predicted octanol–water partition coefficient (Wildman–Crippen LogP) is 0.989. The predicted molar refractivity (Wildman–Crippen MR) is 61.9 cm³/mol. The fourth-order valence-electron chi connectivity index (χ4n) is 2.16. The first kappa shape index (κ1) is 11.6. The van der Waals surface area contributed by atoms with Crippen LogP contribution in [0.25, 0.3) is 11.6 Å². The van der Waals surface area contributed by atoms with E-state index in [9.17, 15) is 9.90 Å². The van der Waals surface area contributed by atoms with E-state index in [4.69, 9.17) is 4.52 Å². The van der Waals surface area contributed by atoms with Crippen LogP contribution in [0.5, 0.6) is 0 Å². The molecule has 1 aliphatic rings. The molecule has 8 nitrogen and oxygen atoms in total. The van der Waals surface area contributed by atoms with Crippen LogP contribution in [0.4, 0.5) is 0 Å². The van der Waals surface area contributed by atoms with Crippen molar-refractivity contribution in [3.63, 3.8) is 0 Å². The summed E-state index contributed by atoms with van der Waals surface area (Å²) < 4.78 is 5.16. The summed E-state index contributed by atoms with van der Waals surface area (Å²) in [6, 6.07) is 0. The largest absolute Gasteiger partial charge is 0.481 e. The SMILES string of the molecule is O=C(O)C1CC=CCC1c1nc(-c2ncn[nH]2)no1. The number of nitrogens with one attached hydrogen (secondary N) is 1. The Kier molecular flexibility index (Phi) is 2.82. The molecule has 2 aromatic rings. The van der Waals surface area contributed by atoms with Gasteiger partial charge in [0.1, 0.15) is 6.33 Å². The summed E-state index contributed by atoms with van der Waals surface area (Å²) in [5.74, 6) is -0.684. The highest BCUT2D eigenvalue weighted by molar-refractivity contribution is 5.71. The monoisotopic (exact) mass is 261 g/mol. The third-order valence-corrected chi connectivity index (χ3v) is 3.14. The molecule has 0 saturated heterocycles. The highest BCUT2D eigenvalue weighted by atomic mass is 16.5. The fourth-order valence-corrected chi connectivity index (χ4v) is 2.16. The maximum Gasteiger partial charge on any atom is 0.307 e. The molecule has 0 aliphatic heterocycles. The lowest BCUT2D eigenvalue weighted by atomic mass is 9.83. The number of hydrogen-bond acceptors (Lipinski definition) is 6. The fraction of sp³-hybridized carbons (Fsp3) is 0.364. The third-order valence-electron chi connectivity index (χ3n) is 3.14. The van der Waals surface area contributed by atoms with Gasteiger partial charge in [-0.1, -0.05) is 17.3 Å². The molecule has 1 aliphatic carbocycles. The lowest BCUT2D eigenvalue weighted by Crippen LogP contribution is -2.23. The molecule has 2 N–H and O–H groups in total. The van der Waals surface area contributed by atoms with E-state index in [1.54, 1.807) is 0 Å². The first-order valence-corrected chi connectivity index (χ1v) is 5.83. The van der Waals surface area contributed by atoms with Crippen LogP contribution >= 0.6 is 0 Å². The number of aliphatic carboxylic acids is 1. The van der Waals surface area contributed by atoms with Crippen molar-refractivity contribution in [2.75, 3.05) is 0 Å². The van der Waals surface area contributed by atoms with E-state index in [0.717, 1.165) is 0 Å². The zero-order valence-electron chi connectivity index (χ0n) is 9.85. The van der Waals surface area contributed by atoms with Crippen LogP contribution in [0.15, 0.2) is 23.0 Å². The molecule has 0 radical (unpaired) electrons. The summed E-state index contributed by atoms with van der Waals surface area (Å²) in [7, 11) is 0. The Morgan fingerprint density at radius 3 is 3.00 bits per heavy atom. The van der Waals surface area contributed by atoms with Crippen molar-refractivity contribution in [1.82, 2.24) is 25.3 Å². The molecule has 0 spiro atoms. The summed E-state index contributed by atoms with van der Waals surface area (Å²) in [6.45, 7) is 0. The first-order valence-electron chi connectivity index (χ1n) is 5.83. The maximum absolute atomic E-state index is 11.2. The molecule has 0 saturated carbocycles. The molecule has 98 valence electrons. The van der Waals surface area contributed by atoms with E-state index in [1.165, 1.54) is 6.33 Å². The topological polar surface area (TPSA) is 118 Å². The van der Waals surface area contributed by atoms with Crippen LogP contribution in [-0.2, 0) is 4.79 Å². The minimum Gasteiger partial charge on any atom is -0.481 e. The average molecular weight is 261 g/mol. The summed E-state index contributed by atoms with van der Waals surface area (Å²) in [6.07, 6.45) is 6.19. The minimum atomic E-state index is -0.853. The summed E-state index contributed by atoms with van der Waals surface area (Å²) >= 11 is 0. The third kappa shape index (κ3) is 2.12. The highest BCUT2D eigenvalue weighted by Gasteiger charge is 2.34. The van der Waals surface area contributed by atoms with E-state index in [2.05, 4.69) is 25.3 Å². The van der Waals surface area contributed by atoms with Gasteiger partial charge in [0.25, 0.3) is 0 Å². The lowest BCUT2D eigenvalue weighted by Gasteiger charge is -2.21. The number of aromatic amines is 1. The van der Waals surface area contributed by atoms with Crippen molar-refractivity contribution >= 4 is 5.97 Å². The molecule has 2 aromatic heterocycles. The van der Waals surface area contributed by atoms with Gasteiger partial charge in [0.05, 0.1) is 11.8 Å². The molecule has 19 heavy (non-hydrogen) atoms. The number of allylic oxidation sites excluding steroid dienone is 2. The zero-order valence-corrected chi connectivity index (χ0v) is 9.85. The molecule has 2 atom stereocenters. The highest BCUT2D eigenvalue weighted by Crippen LogP contribution is 2.34. The van der Waals surface area contributed by atoms with E-state index in [0.29, 0.717) is 24.6 Å². The number of carboxylic acid groups (broad SMARTS) is 1. The van der Waals surface area contributed by atoms with Crippen LogP contribution in [0.3, 0.4) is 0 Å². The standard InChI is InChI=1S/C11H11N5O3/c17-11(18)7-4-2-1-3-6(7)10-14-9(16-19-10)8-12-5-13-15-8/h1-2,5-7H,3-4H2,(H,17,18)(H,12,13,15). The Morgan fingerprint density at radius 2 is 2.26 bits per heavy atom. The van der Waals surface area contributed by atoms with E-state index in [-0.39, 0.29) is 11.7 Å². The van der Waals surface area contributed by atoms with Crippen LogP contribution in [-0.4, -0.2) is 36.4 Å². The number of H-pyrrole nitrogens is 1. The number of hydrogen-bond donors (Lipinski definition) is 2. The molecule has 0 aromatic carbocycles. The zero-order chi connectivity index (χ0) is 13.2. The normalized spacial score (nSPS) is 22.5. The van der Waals surface area contributed by atoms with Crippen LogP contribution in [0.2, 0.25) is 0 Å². The Bertz CT molecular complexity index is 604. The number of carboxylic acids is 1. The molecular formula is C11H11N5O3. The quantitative estimate of drug-likeness (QED) is 0.791. The first-order chi connectivity index (χ1) is 9.25. The van der Waals surface area contributed by atoms with Gasteiger partial charge in [-0.25, -0.2) is 4.98 Å². The molecule has 0 fully saturated rings. The molecular weight excluding hydrogens is 250 g/mol. The van der Waals surface area contributed by atoms with Crippen LogP contribution in [0.1, 0.15) is 24.7 Å². The number of carbonyl (C=O) groups is 1. The summed E-state index contributed by atoms with van der Waals surface area (Å²) in [5.41, 5.74) is 0. The van der Waals surface area contributed by atoms with Gasteiger partial charge in [-0.2, -0.15) is 10.1 Å². The van der Waals surface area contributed by atoms with E-state index >= 15 is 0 Å². The molecule has 3 rings (SSSR count). The second-order valence-corrected chi connectivity index (χ2v) is 4.28. The molecule has 8 heteroatoms. The second kappa shape index (κ2) is 4.63. The average Bonchev–Trinajstić information content (AvgIpc) is 3.09. The van der Waals surface area contributed by atoms with Crippen molar-refractivity contribution in [2.24, 2.45) is 5.92 Å². The van der Waals surface area contributed by atoms with Gasteiger partial charge in [0, 0.05) is 0 Å². The number of rotatable bonds is 3. The Labute approximate surface area is 107 Å². The van der Waals surface area contributed by atoms with Crippen molar-refractivity contribution in [3.8, 4) is 11.6 Å². The van der Waals surface area contributed by atoms with Crippen molar-refractivity contribution < 1.29 is 14.4 Å². The summed E-state index contributed by atoms with van der Waals surface area (Å²) in [4.78, 5) is 19.3. The second-order valence-electron chi connectivity index (χ2n) is 4.28. The van der Waals surface area contributed by atoms with Gasteiger partial charge in [0.15, 0.2) is 5.82 Å². The molecule has 0 amide bonds. The maximum atomic E-state index is 11.2. The van der Waals surface area contributed by atoms with E-state index in [1.807, 2.05) is 12.2 Å². The van der Waals surface area contributed by atoms with Gasteiger partial charge < -0.3 is 9.63 Å². The van der Waals surface area contributed by atoms with Crippen molar-refractivity contribution in [1.29, 1.82) is 0 Å². The molecule has 2 unspecified atom stereocenters. The number of aromatic nitrogens is 5. The Hall–Kier alpha value is -2.51.